The van der Waals surface area contributed by atoms with Crippen molar-refractivity contribution in [3.05, 3.63) is 54.4 Å². The number of nitrogens with zero attached hydrogens (tertiary/aromatic N) is 3. The number of benzene rings is 1. The highest BCUT2D eigenvalue weighted by molar-refractivity contribution is 5.94. The van der Waals surface area contributed by atoms with Crippen molar-refractivity contribution >= 4 is 17.6 Å². The molecule has 6 heteroatoms. The smallest absolute Gasteiger partial charge is 0.246 e. The average molecular weight is 327 g/mol. The third-order valence-corrected chi connectivity index (χ3v) is 3.58. The second kappa shape index (κ2) is 8.76. The number of hydrogen-bond donors (Lipinski definition) is 2. The van der Waals surface area contributed by atoms with Gasteiger partial charge in [0.25, 0.3) is 0 Å². The Labute approximate surface area is 143 Å². The van der Waals surface area contributed by atoms with Crippen LogP contribution >= 0.6 is 0 Å². The fourth-order valence-electron chi connectivity index (χ4n) is 2.32. The molecule has 128 valence electrons. The van der Waals surface area contributed by atoms with E-state index in [0.717, 1.165) is 18.8 Å². The van der Waals surface area contributed by atoms with Gasteiger partial charge in [-0.25, -0.2) is 4.99 Å². The van der Waals surface area contributed by atoms with E-state index in [9.17, 15) is 4.79 Å². The number of hydrogen-bond acceptors (Lipinski definition) is 2. The van der Waals surface area contributed by atoms with Crippen LogP contribution in [0.3, 0.4) is 0 Å². The molecular formula is C18H25N5O. The predicted molar refractivity (Wildman–Crippen MR) is 97.9 cm³/mol. The third-order valence-electron chi connectivity index (χ3n) is 3.58. The molecular weight excluding hydrogens is 302 g/mol. The zero-order valence-corrected chi connectivity index (χ0v) is 14.5. The molecule has 0 radical (unpaired) electrons. The first-order valence-corrected chi connectivity index (χ1v) is 8.04. The summed E-state index contributed by atoms with van der Waals surface area (Å²) in [5.74, 6) is 0.575. The van der Waals surface area contributed by atoms with Crippen molar-refractivity contribution in [1.82, 2.24) is 14.8 Å². The highest BCUT2D eigenvalue weighted by Gasteiger charge is 2.09. The number of amides is 1. The van der Waals surface area contributed by atoms with Gasteiger partial charge in [-0.1, -0.05) is 18.2 Å². The second-order valence-corrected chi connectivity index (χ2v) is 5.55. The quantitative estimate of drug-likeness (QED) is 0.631. The lowest BCUT2D eigenvalue weighted by atomic mass is 10.3. The Balaban J connectivity index is 1.96. The molecule has 0 unspecified atom stereocenters. The van der Waals surface area contributed by atoms with Crippen molar-refractivity contribution in [3.63, 3.8) is 0 Å². The van der Waals surface area contributed by atoms with E-state index in [2.05, 4.69) is 26.3 Å². The molecule has 0 aliphatic rings. The Hall–Kier alpha value is -2.76. The minimum absolute atomic E-state index is 0.0781. The number of nitrogens with one attached hydrogen (secondary N) is 2. The number of carbonyl (C=O) groups excluding carboxylic acids is 1. The minimum atomic E-state index is -0.135. The van der Waals surface area contributed by atoms with E-state index in [-0.39, 0.29) is 12.5 Å². The Morgan fingerprint density at radius 1 is 1.21 bits per heavy atom. The van der Waals surface area contributed by atoms with E-state index in [1.165, 1.54) is 5.69 Å². The van der Waals surface area contributed by atoms with Crippen LogP contribution in [0.5, 0.6) is 0 Å². The lowest BCUT2D eigenvalue weighted by Crippen LogP contribution is -2.39. The first-order valence-electron chi connectivity index (χ1n) is 8.04. The van der Waals surface area contributed by atoms with E-state index >= 15 is 0 Å². The van der Waals surface area contributed by atoms with Crippen molar-refractivity contribution in [2.45, 2.75) is 13.5 Å². The van der Waals surface area contributed by atoms with Gasteiger partial charge in [-0.3, -0.25) is 4.79 Å². The molecule has 2 N–H and O–H groups in total. The molecule has 2 aromatic rings. The Bertz CT molecular complexity index is 678. The predicted octanol–water partition coefficient (Wildman–Crippen LogP) is 2.06. The molecule has 0 aliphatic carbocycles. The first-order chi connectivity index (χ1) is 11.6. The SMILES string of the molecule is CCNC(=NCC(=O)Nc1ccccc1)N(C)Cc1cccn1C. The average Bonchev–Trinajstić information content (AvgIpc) is 2.97. The van der Waals surface area contributed by atoms with Gasteiger partial charge in [-0.05, 0) is 31.2 Å². The van der Waals surface area contributed by atoms with Crippen LogP contribution in [-0.4, -0.2) is 41.5 Å². The summed E-state index contributed by atoms with van der Waals surface area (Å²) in [6, 6.07) is 13.5. The highest BCUT2D eigenvalue weighted by atomic mass is 16.1. The maximum Gasteiger partial charge on any atom is 0.246 e. The monoisotopic (exact) mass is 327 g/mol. The van der Waals surface area contributed by atoms with Gasteiger partial charge in [-0.2, -0.15) is 0 Å². The van der Waals surface area contributed by atoms with Crippen LogP contribution in [0.25, 0.3) is 0 Å². The van der Waals surface area contributed by atoms with Crippen LogP contribution in [-0.2, 0) is 18.4 Å². The van der Waals surface area contributed by atoms with Crippen LogP contribution in [0.15, 0.2) is 53.7 Å². The van der Waals surface area contributed by atoms with Gasteiger partial charge in [-0.15, -0.1) is 0 Å². The molecule has 2 rings (SSSR count). The molecule has 1 heterocycles. The van der Waals surface area contributed by atoms with E-state index in [1.807, 2.05) is 68.5 Å². The van der Waals surface area contributed by atoms with E-state index in [1.54, 1.807) is 0 Å². The molecule has 1 amide bonds. The number of carbonyl (C=O) groups is 1. The van der Waals surface area contributed by atoms with Gasteiger partial charge in [0.05, 0.1) is 6.54 Å². The third kappa shape index (κ3) is 5.15. The number of aryl methyl sites for hydroxylation is 1. The van der Waals surface area contributed by atoms with E-state index in [0.29, 0.717) is 5.96 Å². The van der Waals surface area contributed by atoms with Gasteiger partial charge < -0.3 is 20.1 Å². The van der Waals surface area contributed by atoms with Crippen molar-refractivity contribution in [1.29, 1.82) is 0 Å². The van der Waals surface area contributed by atoms with Crippen molar-refractivity contribution in [2.24, 2.45) is 12.0 Å². The summed E-state index contributed by atoms with van der Waals surface area (Å²) in [7, 11) is 3.98. The summed E-state index contributed by atoms with van der Waals surface area (Å²) >= 11 is 0. The van der Waals surface area contributed by atoms with E-state index in [4.69, 9.17) is 0 Å². The maximum absolute atomic E-state index is 12.0. The van der Waals surface area contributed by atoms with Gasteiger partial charge in [0.15, 0.2) is 5.96 Å². The molecule has 0 saturated carbocycles. The van der Waals surface area contributed by atoms with Crippen molar-refractivity contribution < 1.29 is 4.79 Å². The molecule has 1 aromatic heterocycles. The Morgan fingerprint density at radius 3 is 2.58 bits per heavy atom. The normalized spacial score (nSPS) is 11.2. The fourth-order valence-corrected chi connectivity index (χ4v) is 2.32. The number of aliphatic imine (C=N–C) groups is 1. The summed E-state index contributed by atoms with van der Waals surface area (Å²) in [6.45, 7) is 3.55. The molecule has 0 aliphatic heterocycles. The largest absolute Gasteiger partial charge is 0.357 e. The Morgan fingerprint density at radius 2 is 1.96 bits per heavy atom. The van der Waals surface area contributed by atoms with Gasteiger partial charge >= 0.3 is 0 Å². The molecule has 0 fully saturated rings. The molecule has 0 saturated heterocycles. The van der Waals surface area contributed by atoms with Crippen molar-refractivity contribution in [2.75, 3.05) is 25.5 Å². The first kappa shape index (κ1) is 17.6. The van der Waals surface area contributed by atoms with Crippen molar-refractivity contribution in [3.8, 4) is 0 Å². The van der Waals surface area contributed by atoms with Crippen LogP contribution < -0.4 is 10.6 Å². The topological polar surface area (TPSA) is 61.7 Å². The minimum Gasteiger partial charge on any atom is -0.357 e. The van der Waals surface area contributed by atoms with Gasteiger partial charge in [0, 0.05) is 38.2 Å². The number of anilines is 1. The summed E-state index contributed by atoms with van der Waals surface area (Å²) in [6.07, 6.45) is 2.01. The van der Waals surface area contributed by atoms with Gasteiger partial charge in [0.2, 0.25) is 5.91 Å². The molecule has 1 aromatic carbocycles. The molecule has 6 nitrogen and oxygen atoms in total. The highest BCUT2D eigenvalue weighted by Crippen LogP contribution is 2.05. The molecule has 0 spiro atoms. The number of para-hydroxylation sites is 1. The summed E-state index contributed by atoms with van der Waals surface area (Å²) in [4.78, 5) is 18.5. The number of guanidine groups is 1. The standard InChI is InChI=1S/C18H25N5O/c1-4-19-18(23(3)14-16-11-8-12-22(16)2)20-13-17(24)21-15-9-6-5-7-10-15/h5-12H,4,13-14H2,1-3H3,(H,19,20)(H,21,24). The lowest BCUT2D eigenvalue weighted by Gasteiger charge is -2.22. The van der Waals surface area contributed by atoms with Crippen LogP contribution in [0, 0.1) is 0 Å². The Kier molecular flexibility index (Phi) is 6.42. The molecule has 0 bridgehead atoms. The zero-order valence-electron chi connectivity index (χ0n) is 14.5. The lowest BCUT2D eigenvalue weighted by molar-refractivity contribution is -0.114. The summed E-state index contributed by atoms with van der Waals surface area (Å²) in [5, 5.41) is 6.06. The summed E-state index contributed by atoms with van der Waals surface area (Å²) in [5.41, 5.74) is 1.96. The zero-order chi connectivity index (χ0) is 17.4. The fraction of sp³-hybridized carbons (Fsp3) is 0.333. The molecule has 0 atom stereocenters. The maximum atomic E-state index is 12.0. The number of aromatic nitrogens is 1. The van der Waals surface area contributed by atoms with Gasteiger partial charge in [0.1, 0.15) is 6.54 Å². The summed E-state index contributed by atoms with van der Waals surface area (Å²) < 4.78 is 2.07. The number of rotatable bonds is 6. The van der Waals surface area contributed by atoms with Crippen LogP contribution in [0.2, 0.25) is 0 Å². The van der Waals surface area contributed by atoms with Crippen LogP contribution in [0.1, 0.15) is 12.6 Å². The van der Waals surface area contributed by atoms with E-state index < -0.39 is 0 Å². The second-order valence-electron chi connectivity index (χ2n) is 5.55. The molecule has 24 heavy (non-hydrogen) atoms. The van der Waals surface area contributed by atoms with Crippen LogP contribution in [0.4, 0.5) is 5.69 Å².